The van der Waals surface area contributed by atoms with Gasteiger partial charge < -0.3 is 10.2 Å². The van der Waals surface area contributed by atoms with E-state index in [0.29, 0.717) is 12.0 Å². The molecule has 2 aromatic carbocycles. The first-order chi connectivity index (χ1) is 13.8. The van der Waals surface area contributed by atoms with Crippen LogP contribution in [0.4, 0.5) is 0 Å². The highest BCUT2D eigenvalue weighted by atomic mass is 16.1. The molecule has 0 unspecified atom stereocenters. The average molecular weight is 378 g/mol. The summed E-state index contributed by atoms with van der Waals surface area (Å²) in [5.41, 5.74) is 3.62. The molecule has 0 spiro atoms. The van der Waals surface area contributed by atoms with Gasteiger partial charge in [0.15, 0.2) is 0 Å². The van der Waals surface area contributed by atoms with E-state index >= 15 is 0 Å². The molecule has 0 aromatic heterocycles. The Balaban J connectivity index is 1.25. The third kappa shape index (κ3) is 5.02. The van der Waals surface area contributed by atoms with Crippen LogP contribution in [0.1, 0.15) is 72.3 Å². The number of carbonyl (C=O) groups excluding carboxylic acids is 1. The molecule has 2 aromatic rings. The summed E-state index contributed by atoms with van der Waals surface area (Å²) in [5.74, 6) is 0.787. The van der Waals surface area contributed by atoms with Gasteiger partial charge in [0.05, 0.1) is 13.1 Å². The van der Waals surface area contributed by atoms with Gasteiger partial charge in [0, 0.05) is 30.0 Å². The quantitative estimate of drug-likeness (QED) is 0.818. The first-order valence-corrected chi connectivity index (χ1v) is 11.1. The number of nitrogens with one attached hydrogen (secondary N) is 2. The predicted octanol–water partition coefficient (Wildman–Crippen LogP) is 3.71. The van der Waals surface area contributed by atoms with Gasteiger partial charge in [-0.2, -0.15) is 0 Å². The van der Waals surface area contributed by atoms with Crippen LogP contribution >= 0.6 is 0 Å². The van der Waals surface area contributed by atoms with Gasteiger partial charge >= 0.3 is 0 Å². The Labute approximate surface area is 169 Å². The lowest BCUT2D eigenvalue weighted by Gasteiger charge is -2.30. The highest BCUT2D eigenvalue weighted by Crippen LogP contribution is 2.32. The van der Waals surface area contributed by atoms with Gasteiger partial charge in [-0.15, -0.1) is 0 Å². The summed E-state index contributed by atoms with van der Waals surface area (Å²) in [6.45, 7) is 3.34. The number of rotatable bonds is 5. The van der Waals surface area contributed by atoms with E-state index in [1.165, 1.54) is 43.2 Å². The van der Waals surface area contributed by atoms with Crippen LogP contribution in [-0.2, 0) is 6.54 Å². The van der Waals surface area contributed by atoms with Crippen molar-refractivity contribution in [3.63, 3.8) is 0 Å². The van der Waals surface area contributed by atoms with Crippen LogP contribution in [0, 0.1) is 0 Å². The lowest BCUT2D eigenvalue weighted by atomic mass is 9.84. The molecule has 0 atom stereocenters. The Morgan fingerprint density at radius 2 is 1.54 bits per heavy atom. The second-order valence-corrected chi connectivity index (χ2v) is 8.62. The van der Waals surface area contributed by atoms with E-state index in [-0.39, 0.29) is 5.91 Å². The summed E-state index contributed by atoms with van der Waals surface area (Å²) in [6.07, 6.45) is 8.80. The molecule has 1 saturated carbocycles. The number of amides is 1. The van der Waals surface area contributed by atoms with Crippen LogP contribution < -0.4 is 10.2 Å². The van der Waals surface area contributed by atoms with Crippen molar-refractivity contribution in [2.24, 2.45) is 0 Å². The third-order valence-corrected chi connectivity index (χ3v) is 6.57. The minimum Gasteiger partial charge on any atom is -0.349 e. The van der Waals surface area contributed by atoms with Crippen LogP contribution in [0.2, 0.25) is 0 Å². The maximum absolute atomic E-state index is 12.7. The topological polar surface area (TPSA) is 33.5 Å². The van der Waals surface area contributed by atoms with Gasteiger partial charge in [0.1, 0.15) is 6.54 Å². The fourth-order valence-electron chi connectivity index (χ4n) is 4.84. The van der Waals surface area contributed by atoms with Crippen molar-refractivity contribution in [1.82, 2.24) is 5.32 Å². The maximum atomic E-state index is 12.7. The summed E-state index contributed by atoms with van der Waals surface area (Å²) >= 11 is 0. The zero-order valence-electron chi connectivity index (χ0n) is 16.8. The summed E-state index contributed by atoms with van der Waals surface area (Å²) in [7, 11) is 0. The largest absolute Gasteiger partial charge is 0.349 e. The zero-order valence-corrected chi connectivity index (χ0v) is 16.8. The molecule has 2 aliphatic rings. The van der Waals surface area contributed by atoms with E-state index in [9.17, 15) is 4.79 Å². The molecule has 3 nitrogen and oxygen atoms in total. The first kappa shape index (κ1) is 19.2. The molecule has 1 saturated heterocycles. The first-order valence-electron chi connectivity index (χ1n) is 11.1. The molecule has 28 heavy (non-hydrogen) atoms. The SMILES string of the molecule is O=C(NC1CC[NH+](Cc2ccccc2)CC1)c1ccc(C2CCCCC2)cc1. The summed E-state index contributed by atoms with van der Waals surface area (Å²) in [4.78, 5) is 14.3. The molecule has 1 aliphatic carbocycles. The Kier molecular flexibility index (Phi) is 6.43. The lowest BCUT2D eigenvalue weighted by molar-refractivity contribution is -0.918. The normalized spacial score (nSPS) is 23.3. The zero-order chi connectivity index (χ0) is 19.2. The Hall–Kier alpha value is -2.13. The molecule has 2 N–H and O–H groups in total. The molecule has 3 heteroatoms. The van der Waals surface area contributed by atoms with Crippen LogP contribution in [0.3, 0.4) is 0 Å². The van der Waals surface area contributed by atoms with Crippen molar-refractivity contribution in [1.29, 1.82) is 0 Å². The molecule has 1 aliphatic heterocycles. The van der Waals surface area contributed by atoms with Crippen molar-refractivity contribution in [3.05, 3.63) is 71.3 Å². The third-order valence-electron chi connectivity index (χ3n) is 6.57. The van der Waals surface area contributed by atoms with Gasteiger partial charge in [-0.25, -0.2) is 0 Å². The van der Waals surface area contributed by atoms with Crippen molar-refractivity contribution in [2.75, 3.05) is 13.1 Å². The van der Waals surface area contributed by atoms with E-state index in [1.807, 2.05) is 12.1 Å². The monoisotopic (exact) mass is 377 g/mol. The van der Waals surface area contributed by atoms with E-state index in [1.54, 1.807) is 4.90 Å². The van der Waals surface area contributed by atoms with Crippen molar-refractivity contribution < 1.29 is 9.69 Å². The number of benzene rings is 2. The summed E-state index contributed by atoms with van der Waals surface area (Å²) in [5, 5.41) is 3.27. The van der Waals surface area contributed by atoms with E-state index < -0.39 is 0 Å². The van der Waals surface area contributed by atoms with Crippen LogP contribution in [0.25, 0.3) is 0 Å². The van der Waals surface area contributed by atoms with E-state index in [0.717, 1.165) is 38.0 Å². The number of hydrogen-bond donors (Lipinski definition) is 2. The lowest BCUT2D eigenvalue weighted by Crippen LogP contribution is -3.12. The second kappa shape index (κ2) is 9.38. The molecular weight excluding hydrogens is 344 g/mol. The maximum Gasteiger partial charge on any atom is 0.251 e. The number of likely N-dealkylation sites (tertiary alicyclic amines) is 1. The minimum absolute atomic E-state index is 0.0895. The van der Waals surface area contributed by atoms with Crippen LogP contribution in [-0.4, -0.2) is 25.0 Å². The van der Waals surface area contributed by atoms with Gasteiger partial charge in [-0.3, -0.25) is 4.79 Å². The second-order valence-electron chi connectivity index (χ2n) is 8.62. The molecule has 148 valence electrons. The highest BCUT2D eigenvalue weighted by molar-refractivity contribution is 5.94. The summed E-state index contributed by atoms with van der Waals surface area (Å²) < 4.78 is 0. The fourth-order valence-corrected chi connectivity index (χ4v) is 4.84. The van der Waals surface area contributed by atoms with E-state index in [2.05, 4.69) is 47.8 Å². The number of hydrogen-bond acceptors (Lipinski definition) is 1. The van der Waals surface area contributed by atoms with Gasteiger partial charge in [-0.1, -0.05) is 61.7 Å². The molecule has 1 heterocycles. The van der Waals surface area contributed by atoms with Gasteiger partial charge in [-0.05, 0) is 36.5 Å². The number of quaternary nitrogens is 1. The molecule has 2 fully saturated rings. The van der Waals surface area contributed by atoms with E-state index in [4.69, 9.17) is 0 Å². The predicted molar refractivity (Wildman–Crippen MR) is 114 cm³/mol. The van der Waals surface area contributed by atoms with Crippen molar-refractivity contribution in [3.8, 4) is 0 Å². The Morgan fingerprint density at radius 1 is 0.857 bits per heavy atom. The molecule has 0 radical (unpaired) electrons. The van der Waals surface area contributed by atoms with Crippen molar-refractivity contribution >= 4 is 5.91 Å². The van der Waals surface area contributed by atoms with Gasteiger partial charge in [0.25, 0.3) is 5.91 Å². The molecular formula is C25H33N2O+. The number of piperidine rings is 1. The smallest absolute Gasteiger partial charge is 0.251 e. The van der Waals surface area contributed by atoms with Gasteiger partial charge in [0.2, 0.25) is 0 Å². The minimum atomic E-state index is 0.0895. The average Bonchev–Trinajstić information content (AvgIpc) is 2.76. The molecule has 4 rings (SSSR count). The standard InChI is InChI=1S/C25H32N2O/c28-25(23-13-11-22(12-14-23)21-9-5-2-6-10-21)26-24-15-17-27(18-16-24)19-20-7-3-1-4-8-20/h1,3-4,7-8,11-14,21,24H,2,5-6,9-10,15-19H2,(H,26,28)/p+1. The Bertz CT molecular complexity index is 742. The molecule has 1 amide bonds. The highest BCUT2D eigenvalue weighted by Gasteiger charge is 2.24. The van der Waals surface area contributed by atoms with Crippen LogP contribution in [0.5, 0.6) is 0 Å². The fraction of sp³-hybridized carbons (Fsp3) is 0.480. The van der Waals surface area contributed by atoms with Crippen molar-refractivity contribution in [2.45, 2.75) is 63.5 Å². The number of carbonyl (C=O) groups is 1. The van der Waals surface area contributed by atoms with Crippen LogP contribution in [0.15, 0.2) is 54.6 Å². The Morgan fingerprint density at radius 3 is 2.21 bits per heavy atom. The molecule has 0 bridgehead atoms. The summed E-state index contributed by atoms with van der Waals surface area (Å²) in [6, 6.07) is 19.4.